The van der Waals surface area contributed by atoms with Gasteiger partial charge in [0.05, 0.1) is 0 Å². The van der Waals surface area contributed by atoms with E-state index in [4.69, 9.17) is 0 Å². The molecule has 0 saturated carbocycles. The van der Waals surface area contributed by atoms with Crippen molar-refractivity contribution >= 4 is 18.1 Å². The van der Waals surface area contributed by atoms with Crippen LogP contribution in [0.4, 0.5) is 5.69 Å². The molecule has 4 heteroatoms. The summed E-state index contributed by atoms with van der Waals surface area (Å²) in [6, 6.07) is 13.2. The van der Waals surface area contributed by atoms with Crippen LogP contribution in [0.2, 0.25) is 0 Å². The molecule has 2 rings (SSSR count). The summed E-state index contributed by atoms with van der Waals surface area (Å²) >= 11 is 0. The fourth-order valence-electron chi connectivity index (χ4n) is 2.21. The number of carbonyl (C=O) groups excluding carboxylic acids is 1. The number of aliphatic carboxylic acids is 1. The highest BCUT2D eigenvalue weighted by molar-refractivity contribution is 5.89. The molecule has 1 amide bonds. The molecule has 21 heavy (non-hydrogen) atoms. The van der Waals surface area contributed by atoms with Crippen LogP contribution in [0.3, 0.4) is 0 Å². The predicted octanol–water partition coefficient (Wildman–Crippen LogP) is 3.09. The maximum Gasteiger partial charge on any atom is 0.331 e. The molecular formula is C17H17NO3. The largest absolute Gasteiger partial charge is 0.479 e. The predicted molar refractivity (Wildman–Crippen MR) is 81.3 cm³/mol. The van der Waals surface area contributed by atoms with Crippen LogP contribution >= 0.6 is 0 Å². The lowest BCUT2D eigenvalue weighted by atomic mass is 10.0. The van der Waals surface area contributed by atoms with Crippen molar-refractivity contribution in [3.8, 4) is 0 Å². The van der Waals surface area contributed by atoms with E-state index < -0.39 is 12.0 Å². The molecule has 1 atom stereocenters. The molecule has 1 N–H and O–H groups in total. The second kappa shape index (κ2) is 6.22. The number of benzene rings is 2. The van der Waals surface area contributed by atoms with E-state index in [0.717, 1.165) is 11.1 Å². The summed E-state index contributed by atoms with van der Waals surface area (Å²) in [6.45, 7) is 3.90. The van der Waals surface area contributed by atoms with Gasteiger partial charge in [-0.25, -0.2) is 4.79 Å². The van der Waals surface area contributed by atoms with Crippen LogP contribution in [0.5, 0.6) is 0 Å². The minimum Gasteiger partial charge on any atom is -0.479 e. The average Bonchev–Trinajstić information content (AvgIpc) is 2.48. The average molecular weight is 283 g/mol. The van der Waals surface area contributed by atoms with Gasteiger partial charge in [0.25, 0.3) is 0 Å². The maximum atomic E-state index is 11.6. The summed E-state index contributed by atoms with van der Waals surface area (Å²) in [5.41, 5.74) is 3.24. The summed E-state index contributed by atoms with van der Waals surface area (Å²) < 4.78 is 0. The summed E-state index contributed by atoms with van der Waals surface area (Å²) in [5.74, 6) is -1.06. The molecule has 0 heterocycles. The van der Waals surface area contributed by atoms with Gasteiger partial charge in [0, 0.05) is 5.69 Å². The molecule has 0 saturated heterocycles. The van der Waals surface area contributed by atoms with Crippen LogP contribution in [0.1, 0.15) is 22.7 Å². The Morgan fingerprint density at radius 3 is 2.29 bits per heavy atom. The Morgan fingerprint density at radius 2 is 1.76 bits per heavy atom. The molecule has 0 aliphatic heterocycles. The van der Waals surface area contributed by atoms with Crippen molar-refractivity contribution in [1.29, 1.82) is 0 Å². The SMILES string of the molecule is Cc1ccc(N(C=O)C(C(=O)O)c2ccccc2)cc1C. The monoisotopic (exact) mass is 283 g/mol. The molecule has 0 spiro atoms. The van der Waals surface area contributed by atoms with Crippen molar-refractivity contribution < 1.29 is 14.7 Å². The number of hydrogen-bond donors (Lipinski definition) is 1. The molecule has 108 valence electrons. The lowest BCUT2D eigenvalue weighted by Crippen LogP contribution is -2.33. The standard InChI is InChI=1S/C17H17NO3/c1-12-8-9-15(10-13(12)2)18(11-19)16(17(20)21)14-6-4-3-5-7-14/h3-11,16H,1-2H3,(H,20,21). The van der Waals surface area contributed by atoms with Crippen molar-refractivity contribution in [2.24, 2.45) is 0 Å². The van der Waals surface area contributed by atoms with Crippen molar-refractivity contribution in [1.82, 2.24) is 0 Å². The van der Waals surface area contributed by atoms with Crippen LogP contribution in [-0.4, -0.2) is 17.5 Å². The highest BCUT2D eigenvalue weighted by Crippen LogP contribution is 2.27. The number of amides is 1. The van der Waals surface area contributed by atoms with Gasteiger partial charge in [-0.3, -0.25) is 9.69 Å². The first kappa shape index (κ1) is 14.8. The Morgan fingerprint density at radius 1 is 1.10 bits per heavy atom. The number of carboxylic acid groups (broad SMARTS) is 1. The second-order valence-electron chi connectivity index (χ2n) is 4.93. The first-order valence-corrected chi connectivity index (χ1v) is 6.63. The second-order valence-corrected chi connectivity index (χ2v) is 4.93. The summed E-state index contributed by atoms with van der Waals surface area (Å²) in [4.78, 5) is 24.3. The zero-order valence-electron chi connectivity index (χ0n) is 12.0. The molecule has 2 aromatic rings. The van der Waals surface area contributed by atoms with Gasteiger partial charge in [0.2, 0.25) is 6.41 Å². The van der Waals surface area contributed by atoms with Gasteiger partial charge in [0.15, 0.2) is 6.04 Å². The zero-order valence-corrected chi connectivity index (χ0v) is 12.0. The minimum atomic E-state index is -1.06. The first-order chi connectivity index (χ1) is 10.0. The fourth-order valence-corrected chi connectivity index (χ4v) is 2.21. The smallest absolute Gasteiger partial charge is 0.331 e. The molecule has 2 aromatic carbocycles. The Hall–Kier alpha value is -2.62. The highest BCUT2D eigenvalue weighted by atomic mass is 16.4. The van der Waals surface area contributed by atoms with Crippen molar-refractivity contribution in [2.75, 3.05) is 4.90 Å². The number of rotatable bonds is 5. The van der Waals surface area contributed by atoms with E-state index in [1.54, 1.807) is 30.3 Å². The third-order valence-electron chi connectivity index (χ3n) is 3.53. The van der Waals surface area contributed by atoms with Crippen LogP contribution in [0.25, 0.3) is 0 Å². The number of carboxylic acids is 1. The first-order valence-electron chi connectivity index (χ1n) is 6.63. The van der Waals surface area contributed by atoms with Gasteiger partial charge in [-0.1, -0.05) is 36.4 Å². The maximum absolute atomic E-state index is 11.6. The molecule has 0 aliphatic rings. The number of aryl methyl sites for hydroxylation is 2. The summed E-state index contributed by atoms with van der Waals surface area (Å²) in [6.07, 6.45) is 0.565. The Labute approximate surface area is 123 Å². The van der Waals surface area contributed by atoms with Gasteiger partial charge in [0.1, 0.15) is 0 Å². The Kier molecular flexibility index (Phi) is 4.38. The lowest BCUT2D eigenvalue weighted by Gasteiger charge is -2.26. The third-order valence-corrected chi connectivity index (χ3v) is 3.53. The van der Waals surface area contributed by atoms with Gasteiger partial charge in [-0.15, -0.1) is 0 Å². The van der Waals surface area contributed by atoms with Gasteiger partial charge in [-0.05, 0) is 42.7 Å². The lowest BCUT2D eigenvalue weighted by molar-refractivity contribution is -0.139. The van der Waals surface area contributed by atoms with Gasteiger partial charge < -0.3 is 5.11 Å². The third kappa shape index (κ3) is 3.11. The quantitative estimate of drug-likeness (QED) is 0.858. The molecular weight excluding hydrogens is 266 g/mol. The zero-order chi connectivity index (χ0) is 15.4. The normalized spacial score (nSPS) is 11.7. The van der Waals surface area contributed by atoms with Crippen LogP contribution in [0.15, 0.2) is 48.5 Å². The number of carbonyl (C=O) groups is 2. The van der Waals surface area contributed by atoms with E-state index in [-0.39, 0.29) is 0 Å². The van der Waals surface area contributed by atoms with Crippen LogP contribution < -0.4 is 4.90 Å². The highest BCUT2D eigenvalue weighted by Gasteiger charge is 2.27. The van der Waals surface area contributed by atoms with E-state index >= 15 is 0 Å². The molecule has 0 fully saturated rings. The van der Waals surface area contributed by atoms with E-state index in [2.05, 4.69) is 0 Å². The van der Waals surface area contributed by atoms with Crippen LogP contribution in [-0.2, 0) is 9.59 Å². The number of hydrogen-bond acceptors (Lipinski definition) is 2. The van der Waals surface area contributed by atoms with E-state index in [1.807, 2.05) is 32.0 Å². The number of nitrogens with zero attached hydrogens (tertiary/aromatic N) is 1. The van der Waals surface area contributed by atoms with Crippen molar-refractivity contribution in [2.45, 2.75) is 19.9 Å². The summed E-state index contributed by atoms with van der Waals surface area (Å²) in [5, 5.41) is 9.51. The molecule has 1 unspecified atom stereocenters. The van der Waals surface area contributed by atoms with E-state index in [0.29, 0.717) is 17.7 Å². The van der Waals surface area contributed by atoms with Crippen LogP contribution in [0, 0.1) is 13.8 Å². The van der Waals surface area contributed by atoms with Gasteiger partial charge >= 0.3 is 5.97 Å². The number of anilines is 1. The van der Waals surface area contributed by atoms with Gasteiger partial charge in [-0.2, -0.15) is 0 Å². The Bertz CT molecular complexity index is 652. The fraction of sp³-hybridized carbons (Fsp3) is 0.176. The molecule has 0 aromatic heterocycles. The Balaban J connectivity index is 2.48. The van der Waals surface area contributed by atoms with E-state index in [9.17, 15) is 14.7 Å². The molecule has 0 bridgehead atoms. The molecule has 4 nitrogen and oxygen atoms in total. The molecule has 0 aliphatic carbocycles. The topological polar surface area (TPSA) is 57.6 Å². The van der Waals surface area contributed by atoms with Crippen molar-refractivity contribution in [3.63, 3.8) is 0 Å². The summed E-state index contributed by atoms with van der Waals surface area (Å²) in [7, 11) is 0. The van der Waals surface area contributed by atoms with E-state index in [1.165, 1.54) is 4.90 Å². The van der Waals surface area contributed by atoms with Crippen molar-refractivity contribution in [3.05, 3.63) is 65.2 Å². The molecule has 0 radical (unpaired) electrons. The minimum absolute atomic E-state index is 0.565.